The van der Waals surface area contributed by atoms with E-state index in [1.165, 1.54) is 19.3 Å². The third kappa shape index (κ3) is 1.18. The molecule has 0 saturated heterocycles. The first-order chi connectivity index (χ1) is 5.31. The molecule has 11 heavy (non-hydrogen) atoms. The molecule has 0 aliphatic heterocycles. The molecule has 0 amide bonds. The lowest BCUT2D eigenvalue weighted by atomic mass is 9.85. The number of rotatable bonds is 2. The Balaban J connectivity index is 1.96. The van der Waals surface area contributed by atoms with Gasteiger partial charge in [0.25, 0.3) is 0 Å². The van der Waals surface area contributed by atoms with Crippen LogP contribution in [0.15, 0.2) is 0 Å². The van der Waals surface area contributed by atoms with Gasteiger partial charge < -0.3 is 10.2 Å². The summed E-state index contributed by atoms with van der Waals surface area (Å²) in [6.07, 6.45) is 4.67. The van der Waals surface area contributed by atoms with Crippen LogP contribution in [0, 0.1) is 17.8 Å². The van der Waals surface area contributed by atoms with Crippen LogP contribution in [0.2, 0.25) is 0 Å². The van der Waals surface area contributed by atoms with Crippen molar-refractivity contribution in [3.63, 3.8) is 0 Å². The smallest absolute Gasteiger partial charge is 0.0801 e. The standard InChI is InChI=1S/C9H16O2/c10-5-9(11)8-4-6-1-2-7(8)3-6/h6-11H,1-5H2/t6-,7+,8?,9-/m1/s1. The summed E-state index contributed by atoms with van der Waals surface area (Å²) >= 11 is 0. The van der Waals surface area contributed by atoms with E-state index in [9.17, 15) is 5.11 Å². The molecule has 2 bridgehead atoms. The van der Waals surface area contributed by atoms with Crippen LogP contribution in [0.5, 0.6) is 0 Å². The molecule has 2 aliphatic carbocycles. The van der Waals surface area contributed by atoms with Crippen molar-refractivity contribution in [1.82, 2.24) is 0 Å². The van der Waals surface area contributed by atoms with Crippen molar-refractivity contribution in [3.8, 4) is 0 Å². The van der Waals surface area contributed by atoms with E-state index in [4.69, 9.17) is 5.11 Å². The largest absolute Gasteiger partial charge is 0.394 e. The van der Waals surface area contributed by atoms with Crippen LogP contribution in [-0.4, -0.2) is 22.9 Å². The third-order valence-corrected chi connectivity index (χ3v) is 3.47. The van der Waals surface area contributed by atoms with E-state index in [2.05, 4.69) is 0 Å². The lowest BCUT2D eigenvalue weighted by molar-refractivity contribution is 0.0252. The van der Waals surface area contributed by atoms with Crippen molar-refractivity contribution < 1.29 is 10.2 Å². The van der Waals surface area contributed by atoms with Gasteiger partial charge in [0.15, 0.2) is 0 Å². The summed E-state index contributed by atoms with van der Waals surface area (Å²) in [5.74, 6) is 2.01. The van der Waals surface area contributed by atoms with E-state index < -0.39 is 6.10 Å². The maximum absolute atomic E-state index is 9.43. The van der Waals surface area contributed by atoms with Crippen LogP contribution >= 0.6 is 0 Å². The monoisotopic (exact) mass is 156 g/mol. The maximum Gasteiger partial charge on any atom is 0.0801 e. The summed E-state index contributed by atoms with van der Waals surface area (Å²) in [6, 6.07) is 0. The van der Waals surface area contributed by atoms with Crippen molar-refractivity contribution in [3.05, 3.63) is 0 Å². The molecule has 2 heteroatoms. The molecule has 2 saturated carbocycles. The molecular weight excluding hydrogens is 140 g/mol. The Labute approximate surface area is 67.2 Å². The minimum Gasteiger partial charge on any atom is -0.394 e. The van der Waals surface area contributed by atoms with E-state index in [-0.39, 0.29) is 6.61 Å². The summed E-state index contributed by atoms with van der Waals surface area (Å²) in [5, 5.41) is 18.2. The minimum absolute atomic E-state index is 0.0477. The van der Waals surface area contributed by atoms with Crippen LogP contribution in [0.25, 0.3) is 0 Å². The summed E-state index contributed by atoms with van der Waals surface area (Å²) in [4.78, 5) is 0. The van der Waals surface area contributed by atoms with Gasteiger partial charge in [0, 0.05) is 0 Å². The van der Waals surface area contributed by atoms with Crippen molar-refractivity contribution in [2.45, 2.75) is 31.8 Å². The zero-order chi connectivity index (χ0) is 7.84. The van der Waals surface area contributed by atoms with E-state index in [1.54, 1.807) is 0 Å². The average Bonchev–Trinajstić information content (AvgIpc) is 2.62. The lowest BCUT2D eigenvalue weighted by Crippen LogP contribution is -2.28. The molecule has 1 unspecified atom stereocenters. The molecule has 2 rings (SSSR count). The summed E-state index contributed by atoms with van der Waals surface area (Å²) < 4.78 is 0. The first-order valence-corrected chi connectivity index (χ1v) is 4.60. The van der Waals surface area contributed by atoms with Gasteiger partial charge in [-0.3, -0.25) is 0 Å². The molecule has 0 aromatic rings. The number of hydrogen-bond acceptors (Lipinski definition) is 2. The number of aliphatic hydroxyl groups is 2. The van der Waals surface area contributed by atoms with Gasteiger partial charge in [-0.1, -0.05) is 6.42 Å². The van der Waals surface area contributed by atoms with E-state index in [0.29, 0.717) is 5.92 Å². The van der Waals surface area contributed by atoms with Gasteiger partial charge in [-0.15, -0.1) is 0 Å². The highest BCUT2D eigenvalue weighted by molar-refractivity contribution is 4.92. The molecule has 2 nitrogen and oxygen atoms in total. The quantitative estimate of drug-likeness (QED) is 0.620. The average molecular weight is 156 g/mol. The fourth-order valence-electron chi connectivity index (χ4n) is 2.90. The molecule has 64 valence electrons. The first-order valence-electron chi connectivity index (χ1n) is 4.60. The highest BCUT2D eigenvalue weighted by Crippen LogP contribution is 2.49. The number of aliphatic hydroxyl groups excluding tert-OH is 2. The second-order valence-corrected chi connectivity index (χ2v) is 4.09. The molecule has 2 aliphatic rings. The molecule has 2 fully saturated rings. The summed E-state index contributed by atoms with van der Waals surface area (Å²) in [7, 11) is 0. The molecule has 0 spiro atoms. The summed E-state index contributed by atoms with van der Waals surface area (Å²) in [6.45, 7) is -0.0477. The molecule has 2 N–H and O–H groups in total. The third-order valence-electron chi connectivity index (χ3n) is 3.47. The number of hydrogen-bond donors (Lipinski definition) is 2. The lowest BCUT2D eigenvalue weighted by Gasteiger charge is -2.25. The second-order valence-electron chi connectivity index (χ2n) is 4.09. The van der Waals surface area contributed by atoms with E-state index >= 15 is 0 Å². The highest BCUT2D eigenvalue weighted by Gasteiger charge is 2.42. The zero-order valence-electron chi connectivity index (χ0n) is 6.74. The molecule has 4 atom stereocenters. The van der Waals surface area contributed by atoms with Crippen LogP contribution < -0.4 is 0 Å². The van der Waals surface area contributed by atoms with Crippen LogP contribution in [0.4, 0.5) is 0 Å². The topological polar surface area (TPSA) is 40.5 Å². The van der Waals surface area contributed by atoms with E-state index in [0.717, 1.165) is 18.3 Å². The van der Waals surface area contributed by atoms with Crippen molar-refractivity contribution >= 4 is 0 Å². The Morgan fingerprint density at radius 2 is 2.09 bits per heavy atom. The van der Waals surface area contributed by atoms with Gasteiger partial charge in [-0.25, -0.2) is 0 Å². The van der Waals surface area contributed by atoms with Gasteiger partial charge in [0.05, 0.1) is 12.7 Å². The fourth-order valence-corrected chi connectivity index (χ4v) is 2.90. The fraction of sp³-hybridized carbons (Fsp3) is 1.00. The molecule has 0 aromatic heterocycles. The molecular formula is C9H16O2. The Morgan fingerprint density at radius 3 is 2.55 bits per heavy atom. The van der Waals surface area contributed by atoms with E-state index in [1.807, 2.05) is 0 Å². The predicted octanol–water partition coefficient (Wildman–Crippen LogP) is 0.776. The zero-order valence-corrected chi connectivity index (χ0v) is 6.74. The highest BCUT2D eigenvalue weighted by atomic mass is 16.3. The first kappa shape index (κ1) is 7.56. The maximum atomic E-state index is 9.43. The normalized spacial score (nSPS) is 44.7. The second kappa shape index (κ2) is 2.76. The molecule has 0 heterocycles. The number of fused-ring (bicyclic) bond motifs is 2. The van der Waals surface area contributed by atoms with Crippen molar-refractivity contribution in [1.29, 1.82) is 0 Å². The Morgan fingerprint density at radius 1 is 1.27 bits per heavy atom. The van der Waals surface area contributed by atoms with Gasteiger partial charge in [0.2, 0.25) is 0 Å². The van der Waals surface area contributed by atoms with Crippen molar-refractivity contribution in [2.24, 2.45) is 17.8 Å². The summed E-state index contributed by atoms with van der Waals surface area (Å²) in [5.41, 5.74) is 0. The molecule has 0 aromatic carbocycles. The van der Waals surface area contributed by atoms with Crippen LogP contribution in [-0.2, 0) is 0 Å². The Bertz CT molecular complexity index is 146. The van der Waals surface area contributed by atoms with Crippen LogP contribution in [0.1, 0.15) is 25.7 Å². The van der Waals surface area contributed by atoms with Crippen molar-refractivity contribution in [2.75, 3.05) is 6.61 Å². The SMILES string of the molecule is OC[C@@H](O)C1C[C@@H]2CC[C@H]1C2. The molecule has 0 radical (unpaired) electrons. The van der Waals surface area contributed by atoms with Gasteiger partial charge >= 0.3 is 0 Å². The van der Waals surface area contributed by atoms with Gasteiger partial charge in [0.1, 0.15) is 0 Å². The van der Waals surface area contributed by atoms with Gasteiger partial charge in [-0.05, 0) is 37.0 Å². The van der Waals surface area contributed by atoms with Gasteiger partial charge in [-0.2, -0.15) is 0 Å². The predicted molar refractivity (Wildman–Crippen MR) is 42.0 cm³/mol. The Kier molecular flexibility index (Phi) is 1.90. The van der Waals surface area contributed by atoms with Crippen LogP contribution in [0.3, 0.4) is 0 Å². The minimum atomic E-state index is -0.440. The Hall–Kier alpha value is -0.0800.